The van der Waals surface area contributed by atoms with Gasteiger partial charge >= 0.3 is 0 Å². The third kappa shape index (κ3) is 3.60. The molecule has 0 aliphatic carbocycles. The Morgan fingerprint density at radius 3 is 2.33 bits per heavy atom. The summed E-state index contributed by atoms with van der Waals surface area (Å²) in [6, 6.07) is 0. The van der Waals surface area contributed by atoms with E-state index in [2.05, 4.69) is 6.92 Å². The van der Waals surface area contributed by atoms with Gasteiger partial charge in [-0.25, -0.2) is 8.78 Å². The highest BCUT2D eigenvalue weighted by molar-refractivity contribution is 4.93. The van der Waals surface area contributed by atoms with Gasteiger partial charge in [-0.2, -0.15) is 0 Å². The Hall–Kier alpha value is -0.400. The fourth-order valence-corrected chi connectivity index (χ4v) is 0.0837. The van der Waals surface area contributed by atoms with E-state index in [0.717, 1.165) is 6.08 Å². The molecule has 0 spiro atoms. The Labute approximate surface area is 35.5 Å². The first kappa shape index (κ1) is 5.60. The first-order valence-electron chi connectivity index (χ1n) is 1.51. The van der Waals surface area contributed by atoms with Crippen molar-refractivity contribution in [2.24, 2.45) is 0 Å². The van der Waals surface area contributed by atoms with Gasteiger partial charge in [0.25, 0.3) is 0 Å². The molecule has 0 aliphatic heterocycles. The summed E-state index contributed by atoms with van der Waals surface area (Å²) in [6.07, 6.45) is 0.764. The molecule has 0 aromatic heterocycles. The van der Waals surface area contributed by atoms with Crippen LogP contribution in [0.1, 0.15) is 0 Å². The predicted octanol–water partition coefficient (Wildman–Crippen LogP) is 1.64. The molecule has 0 N–H and O–H groups in total. The molecule has 6 heavy (non-hydrogen) atoms. The summed E-state index contributed by atoms with van der Waals surface area (Å²) in [5, 5.41) is 0. The highest BCUT2D eigenvalue weighted by Gasteiger charge is 1.75. The van der Waals surface area contributed by atoms with E-state index in [4.69, 9.17) is 0 Å². The second kappa shape index (κ2) is 2.82. The molecule has 1 radical (unpaired) electrons. The van der Waals surface area contributed by atoms with Crippen LogP contribution in [0.2, 0.25) is 0 Å². The van der Waals surface area contributed by atoms with E-state index in [1.54, 1.807) is 0 Å². The molecule has 0 bridgehead atoms. The molecule has 0 rings (SSSR count). The van der Waals surface area contributed by atoms with Gasteiger partial charge in [-0.3, -0.25) is 0 Å². The zero-order chi connectivity index (χ0) is 4.99. The van der Waals surface area contributed by atoms with Crippen molar-refractivity contribution in [1.82, 2.24) is 0 Å². The summed E-state index contributed by atoms with van der Waals surface area (Å²) in [5.74, 6) is -0.711. The number of alkyl halides is 1. The van der Waals surface area contributed by atoms with Crippen molar-refractivity contribution in [3.63, 3.8) is 0 Å². The molecule has 0 aromatic carbocycles. The predicted molar refractivity (Wildman–Crippen MR) is 20.5 cm³/mol. The third-order valence-electron chi connectivity index (χ3n) is 0.299. The summed E-state index contributed by atoms with van der Waals surface area (Å²) in [6.45, 7) is 2.01. The van der Waals surface area contributed by atoms with Crippen molar-refractivity contribution in [2.45, 2.75) is 0 Å². The van der Waals surface area contributed by atoms with Gasteiger partial charge in [-0.05, 0) is 6.08 Å². The number of hydrogen-bond acceptors (Lipinski definition) is 0. The normalized spacial score (nSPS) is 12.2. The lowest BCUT2D eigenvalue weighted by Gasteiger charge is -1.73. The van der Waals surface area contributed by atoms with Crippen LogP contribution in [-0.2, 0) is 0 Å². The molecule has 0 saturated carbocycles. The van der Waals surface area contributed by atoms with E-state index in [1.165, 1.54) is 0 Å². The molecule has 2 heteroatoms. The van der Waals surface area contributed by atoms with Gasteiger partial charge in [-0.15, -0.1) is 0 Å². The molecule has 0 unspecified atom stereocenters. The van der Waals surface area contributed by atoms with Crippen molar-refractivity contribution in [3.8, 4) is 0 Å². The van der Waals surface area contributed by atoms with Gasteiger partial charge in [0.1, 0.15) is 6.67 Å². The number of hydrogen-bond donors (Lipinski definition) is 0. The molecule has 0 saturated heterocycles. The molecule has 0 aromatic rings. The van der Waals surface area contributed by atoms with Gasteiger partial charge in [0.2, 0.25) is 0 Å². The lowest BCUT2D eigenvalue weighted by atomic mass is 10.5. The average molecular weight is 91.1 g/mol. The summed E-state index contributed by atoms with van der Waals surface area (Å²) < 4.78 is 22.1. The second-order valence-corrected chi connectivity index (χ2v) is 0.805. The fourth-order valence-electron chi connectivity index (χ4n) is 0.0837. The van der Waals surface area contributed by atoms with Gasteiger partial charge in [0.05, 0.1) is 5.83 Å². The van der Waals surface area contributed by atoms with E-state index in [0.29, 0.717) is 0 Å². The van der Waals surface area contributed by atoms with Gasteiger partial charge in [-0.1, -0.05) is 0 Å². The maximum Gasteiger partial charge on any atom is 0.110 e. The molecule has 0 nitrogen and oxygen atoms in total. The Bertz CT molecular complexity index is 52.6. The summed E-state index contributed by atoms with van der Waals surface area (Å²) in [5.41, 5.74) is 0. The first-order chi connectivity index (χ1) is 2.77. The molecule has 0 amide bonds. The Morgan fingerprint density at radius 2 is 2.33 bits per heavy atom. The summed E-state index contributed by atoms with van der Waals surface area (Å²) >= 11 is 0. The van der Waals surface area contributed by atoms with Crippen molar-refractivity contribution >= 4 is 0 Å². The topological polar surface area (TPSA) is 0 Å². The maximum atomic E-state index is 11.2. The van der Waals surface area contributed by atoms with E-state index in [1.807, 2.05) is 0 Å². The van der Waals surface area contributed by atoms with E-state index >= 15 is 0 Å². The Morgan fingerprint density at radius 1 is 1.83 bits per heavy atom. The fraction of sp³-hybridized carbons (Fsp3) is 0.250. The van der Waals surface area contributed by atoms with Gasteiger partial charge < -0.3 is 0 Å². The molecular weight excluding hydrogens is 86.0 g/mol. The quantitative estimate of drug-likeness (QED) is 0.460. The van der Waals surface area contributed by atoms with E-state index in [9.17, 15) is 8.78 Å². The van der Waals surface area contributed by atoms with Crippen molar-refractivity contribution < 1.29 is 8.78 Å². The van der Waals surface area contributed by atoms with Crippen molar-refractivity contribution in [3.05, 3.63) is 18.8 Å². The molecular formula is C4H5F2. The summed E-state index contributed by atoms with van der Waals surface area (Å²) in [7, 11) is 0. The van der Waals surface area contributed by atoms with Crippen LogP contribution in [0.25, 0.3) is 0 Å². The largest absolute Gasteiger partial charge is 0.246 e. The van der Waals surface area contributed by atoms with Crippen LogP contribution >= 0.6 is 0 Å². The number of halogens is 2. The van der Waals surface area contributed by atoms with Crippen molar-refractivity contribution in [2.75, 3.05) is 6.67 Å². The van der Waals surface area contributed by atoms with Crippen LogP contribution in [0.15, 0.2) is 11.9 Å². The standard InChI is InChI=1S/C4H5F2/c1-4(6)2-3-5/h2H,1,3H2/b4-2-. The zero-order valence-corrected chi connectivity index (χ0v) is 3.25. The lowest BCUT2D eigenvalue weighted by Crippen LogP contribution is -1.62. The lowest BCUT2D eigenvalue weighted by molar-refractivity contribution is 0.547. The molecule has 35 valence electrons. The molecule has 0 heterocycles. The zero-order valence-electron chi connectivity index (χ0n) is 3.25. The van der Waals surface area contributed by atoms with Crippen LogP contribution in [0.5, 0.6) is 0 Å². The number of allylic oxidation sites excluding steroid dienone is 2. The van der Waals surface area contributed by atoms with Gasteiger partial charge in [0, 0.05) is 6.92 Å². The molecule has 0 aliphatic rings. The van der Waals surface area contributed by atoms with E-state index in [-0.39, 0.29) is 0 Å². The highest BCUT2D eigenvalue weighted by Crippen LogP contribution is 1.89. The Kier molecular flexibility index (Phi) is 2.63. The van der Waals surface area contributed by atoms with Crippen LogP contribution < -0.4 is 0 Å². The minimum Gasteiger partial charge on any atom is -0.246 e. The maximum absolute atomic E-state index is 11.2. The van der Waals surface area contributed by atoms with Crippen LogP contribution in [0.4, 0.5) is 8.78 Å². The summed E-state index contributed by atoms with van der Waals surface area (Å²) in [4.78, 5) is 0. The smallest absolute Gasteiger partial charge is 0.110 e. The number of rotatable bonds is 1. The van der Waals surface area contributed by atoms with Crippen LogP contribution in [-0.4, -0.2) is 6.67 Å². The third-order valence-corrected chi connectivity index (χ3v) is 0.299. The molecule has 0 fully saturated rings. The van der Waals surface area contributed by atoms with Crippen molar-refractivity contribution in [1.29, 1.82) is 0 Å². The van der Waals surface area contributed by atoms with E-state index < -0.39 is 12.5 Å². The minimum atomic E-state index is -0.769. The van der Waals surface area contributed by atoms with Crippen LogP contribution in [0, 0.1) is 6.92 Å². The monoisotopic (exact) mass is 91.0 g/mol. The highest BCUT2D eigenvalue weighted by atomic mass is 19.1. The molecule has 0 atom stereocenters. The SMILES string of the molecule is [CH2]/C(F)=C/CF. The first-order valence-corrected chi connectivity index (χ1v) is 1.51. The van der Waals surface area contributed by atoms with Gasteiger partial charge in [0.15, 0.2) is 0 Å². The average Bonchev–Trinajstić information content (AvgIpc) is 1.35. The van der Waals surface area contributed by atoms with Crippen LogP contribution in [0.3, 0.4) is 0 Å². The Balaban J connectivity index is 3.14. The minimum absolute atomic E-state index is 0.711. The second-order valence-electron chi connectivity index (χ2n) is 0.805.